The first kappa shape index (κ1) is 13.3. The number of carbonyl (C=O) groups excluding carboxylic acids is 2. The zero-order chi connectivity index (χ0) is 15.0. The summed E-state index contributed by atoms with van der Waals surface area (Å²) in [5.41, 5.74) is 1.25. The molecular formula is C14H13N3O4. The number of rotatable bonds is 2. The van der Waals surface area contributed by atoms with Crippen LogP contribution in [0, 0.1) is 10.1 Å². The van der Waals surface area contributed by atoms with Crippen LogP contribution in [-0.4, -0.2) is 16.7 Å². The highest BCUT2D eigenvalue weighted by atomic mass is 16.6. The van der Waals surface area contributed by atoms with Gasteiger partial charge in [-0.2, -0.15) is 0 Å². The molecule has 0 radical (unpaired) electrons. The normalized spacial score (nSPS) is 21.4. The molecule has 7 nitrogen and oxygen atoms in total. The van der Waals surface area contributed by atoms with Crippen LogP contribution in [0.25, 0.3) is 0 Å². The lowest BCUT2D eigenvalue weighted by Crippen LogP contribution is -2.46. The van der Waals surface area contributed by atoms with Gasteiger partial charge < -0.3 is 10.6 Å². The summed E-state index contributed by atoms with van der Waals surface area (Å²) < 4.78 is 0. The van der Waals surface area contributed by atoms with Crippen molar-refractivity contribution in [2.24, 2.45) is 0 Å². The van der Waals surface area contributed by atoms with Gasteiger partial charge in [0.2, 0.25) is 0 Å². The van der Waals surface area contributed by atoms with E-state index in [1.165, 1.54) is 6.07 Å². The molecule has 3 rings (SSSR count). The van der Waals surface area contributed by atoms with Crippen LogP contribution in [0.5, 0.6) is 0 Å². The van der Waals surface area contributed by atoms with Crippen LogP contribution < -0.4 is 10.6 Å². The molecule has 1 aromatic carbocycles. The fraction of sp³-hybridized carbons (Fsp3) is 0.286. The molecular weight excluding hydrogens is 274 g/mol. The SMILES string of the molecule is O=C1NC2=C(C(=O)CCC2)[C@@H](c2ccccc2[N+](=O)[O-])N1. The van der Waals surface area contributed by atoms with E-state index >= 15 is 0 Å². The average Bonchev–Trinajstić information content (AvgIpc) is 2.46. The zero-order valence-electron chi connectivity index (χ0n) is 11.1. The molecule has 1 aliphatic carbocycles. The number of ketones is 1. The van der Waals surface area contributed by atoms with Crippen LogP contribution in [-0.2, 0) is 4.79 Å². The Morgan fingerprint density at radius 2 is 1.95 bits per heavy atom. The maximum Gasteiger partial charge on any atom is 0.319 e. The number of nitrogens with one attached hydrogen (secondary N) is 2. The van der Waals surface area contributed by atoms with Gasteiger partial charge in [0.05, 0.1) is 16.5 Å². The number of Topliss-reactive ketones (excluding diaryl/α,β-unsaturated/α-hetero) is 1. The summed E-state index contributed by atoms with van der Waals surface area (Å²) in [5.74, 6) is -0.0769. The number of allylic oxidation sites excluding steroid dienone is 1. The smallest absolute Gasteiger partial charge is 0.319 e. The fourth-order valence-corrected chi connectivity index (χ4v) is 2.84. The highest BCUT2D eigenvalue weighted by molar-refractivity contribution is 6.01. The highest BCUT2D eigenvalue weighted by Crippen LogP contribution is 2.36. The Kier molecular flexibility index (Phi) is 3.17. The van der Waals surface area contributed by atoms with Crippen molar-refractivity contribution in [2.75, 3.05) is 0 Å². The van der Waals surface area contributed by atoms with E-state index in [4.69, 9.17) is 0 Å². The second-order valence-electron chi connectivity index (χ2n) is 5.02. The summed E-state index contributed by atoms with van der Waals surface area (Å²) in [4.78, 5) is 34.6. The molecule has 2 N–H and O–H groups in total. The zero-order valence-corrected chi connectivity index (χ0v) is 11.1. The van der Waals surface area contributed by atoms with Gasteiger partial charge in [-0.15, -0.1) is 0 Å². The summed E-state index contributed by atoms with van der Waals surface area (Å²) in [6.07, 6.45) is 1.68. The molecule has 0 aromatic heterocycles. The summed E-state index contributed by atoms with van der Waals surface area (Å²) in [6.45, 7) is 0. The van der Waals surface area contributed by atoms with E-state index in [0.717, 1.165) is 0 Å². The lowest BCUT2D eigenvalue weighted by Gasteiger charge is -2.31. The van der Waals surface area contributed by atoms with Crippen molar-refractivity contribution in [1.29, 1.82) is 0 Å². The van der Waals surface area contributed by atoms with Gasteiger partial charge in [-0.1, -0.05) is 12.1 Å². The predicted octanol–water partition coefficient (Wildman–Crippen LogP) is 1.96. The number of benzene rings is 1. The maximum absolute atomic E-state index is 12.2. The summed E-state index contributed by atoms with van der Waals surface area (Å²) in [7, 11) is 0. The Morgan fingerprint density at radius 1 is 1.19 bits per heavy atom. The quantitative estimate of drug-likeness (QED) is 0.641. The number of nitrogens with zero attached hydrogens (tertiary/aromatic N) is 1. The monoisotopic (exact) mass is 287 g/mol. The van der Waals surface area contributed by atoms with Crippen molar-refractivity contribution < 1.29 is 14.5 Å². The summed E-state index contributed by atoms with van der Waals surface area (Å²) in [5, 5.41) is 16.4. The molecule has 1 aromatic rings. The Balaban J connectivity index is 2.14. The lowest BCUT2D eigenvalue weighted by atomic mass is 9.85. The van der Waals surface area contributed by atoms with E-state index in [1.54, 1.807) is 18.2 Å². The van der Waals surface area contributed by atoms with Gasteiger partial charge in [-0.3, -0.25) is 14.9 Å². The van der Waals surface area contributed by atoms with Crippen molar-refractivity contribution in [2.45, 2.75) is 25.3 Å². The molecule has 0 unspecified atom stereocenters. The van der Waals surface area contributed by atoms with Crippen LogP contribution in [0.4, 0.5) is 10.5 Å². The van der Waals surface area contributed by atoms with E-state index in [9.17, 15) is 19.7 Å². The largest absolute Gasteiger partial charge is 0.326 e. The van der Waals surface area contributed by atoms with E-state index in [-0.39, 0.29) is 11.5 Å². The van der Waals surface area contributed by atoms with Gasteiger partial charge in [0.25, 0.3) is 5.69 Å². The first-order valence-electron chi connectivity index (χ1n) is 6.65. The molecule has 1 heterocycles. The van der Waals surface area contributed by atoms with Crippen LogP contribution >= 0.6 is 0 Å². The Morgan fingerprint density at radius 3 is 2.71 bits per heavy atom. The van der Waals surface area contributed by atoms with Crippen molar-refractivity contribution in [3.63, 3.8) is 0 Å². The van der Waals surface area contributed by atoms with Crippen LogP contribution in [0.15, 0.2) is 35.5 Å². The standard InChI is InChI=1S/C14H13N3O4/c18-11-7-3-5-9-12(11)13(16-14(19)15-9)8-4-1-2-6-10(8)17(20)21/h1-2,4,6,13H,3,5,7H2,(H2,15,16,19)/t13-/m1/s1. The van der Waals surface area contributed by atoms with Gasteiger partial charge >= 0.3 is 6.03 Å². The second-order valence-corrected chi connectivity index (χ2v) is 5.02. The van der Waals surface area contributed by atoms with Crippen molar-refractivity contribution >= 4 is 17.5 Å². The molecule has 0 saturated carbocycles. The topological polar surface area (TPSA) is 101 Å². The number of hydrogen-bond donors (Lipinski definition) is 2. The second kappa shape index (κ2) is 5.01. The molecule has 0 bridgehead atoms. The molecule has 0 fully saturated rings. The number of hydrogen-bond acceptors (Lipinski definition) is 4. The van der Waals surface area contributed by atoms with E-state index in [1.807, 2.05) is 0 Å². The summed E-state index contributed by atoms with van der Waals surface area (Å²) in [6, 6.07) is 4.96. The number of amides is 2. The number of carbonyl (C=O) groups is 2. The number of para-hydroxylation sites is 1. The molecule has 2 amide bonds. The van der Waals surface area contributed by atoms with Crippen molar-refractivity contribution in [3.05, 3.63) is 51.2 Å². The molecule has 0 saturated heterocycles. The van der Waals surface area contributed by atoms with Gasteiger partial charge in [0.15, 0.2) is 5.78 Å². The predicted molar refractivity (Wildman–Crippen MR) is 73.4 cm³/mol. The number of urea groups is 1. The number of nitro benzene ring substituents is 1. The van der Waals surface area contributed by atoms with Gasteiger partial charge in [-0.25, -0.2) is 4.79 Å². The van der Waals surface area contributed by atoms with Gasteiger partial charge in [0, 0.05) is 23.8 Å². The van der Waals surface area contributed by atoms with Gasteiger partial charge in [0.1, 0.15) is 0 Å². The average molecular weight is 287 g/mol. The van der Waals surface area contributed by atoms with Crippen molar-refractivity contribution in [3.8, 4) is 0 Å². The van der Waals surface area contributed by atoms with E-state index in [2.05, 4.69) is 10.6 Å². The first-order valence-corrected chi connectivity index (χ1v) is 6.65. The lowest BCUT2D eigenvalue weighted by molar-refractivity contribution is -0.385. The highest BCUT2D eigenvalue weighted by Gasteiger charge is 2.37. The molecule has 1 atom stereocenters. The third-order valence-corrected chi connectivity index (χ3v) is 3.73. The third-order valence-electron chi connectivity index (χ3n) is 3.73. The minimum absolute atomic E-state index is 0.0769. The Bertz CT molecular complexity index is 681. The molecule has 1 aliphatic heterocycles. The third kappa shape index (κ3) is 2.26. The van der Waals surface area contributed by atoms with Crippen LogP contribution in [0.2, 0.25) is 0 Å². The Labute approximate surface area is 120 Å². The molecule has 7 heteroatoms. The molecule has 108 valence electrons. The van der Waals surface area contributed by atoms with Crippen LogP contribution in [0.3, 0.4) is 0 Å². The first-order chi connectivity index (χ1) is 10.1. The van der Waals surface area contributed by atoms with Crippen LogP contribution in [0.1, 0.15) is 30.9 Å². The van der Waals surface area contributed by atoms with E-state index < -0.39 is 17.0 Å². The maximum atomic E-state index is 12.2. The minimum Gasteiger partial charge on any atom is -0.326 e. The molecule has 0 spiro atoms. The minimum atomic E-state index is -0.761. The fourth-order valence-electron chi connectivity index (χ4n) is 2.84. The molecule has 21 heavy (non-hydrogen) atoms. The molecule has 2 aliphatic rings. The van der Waals surface area contributed by atoms with E-state index in [0.29, 0.717) is 36.1 Å². The Hall–Kier alpha value is -2.70. The van der Waals surface area contributed by atoms with Gasteiger partial charge in [-0.05, 0) is 18.9 Å². The van der Waals surface area contributed by atoms with Crippen molar-refractivity contribution in [1.82, 2.24) is 10.6 Å². The summed E-state index contributed by atoms with van der Waals surface area (Å²) >= 11 is 0. The number of nitro groups is 1.